The number of ketones is 1. The van der Waals surface area contributed by atoms with Gasteiger partial charge in [-0.15, -0.1) is 0 Å². The molecule has 2 heterocycles. The number of hydrogen-bond acceptors (Lipinski definition) is 5. The molecule has 0 fully saturated rings. The summed E-state index contributed by atoms with van der Waals surface area (Å²) in [6.45, 7) is 0.167. The van der Waals surface area contributed by atoms with Gasteiger partial charge in [0, 0.05) is 11.1 Å². The molecule has 22 heavy (non-hydrogen) atoms. The first-order valence-corrected chi connectivity index (χ1v) is 6.95. The highest BCUT2D eigenvalue weighted by Crippen LogP contribution is 2.36. The Kier molecular flexibility index (Phi) is 2.85. The zero-order chi connectivity index (χ0) is 15.1. The standard InChI is InChI=1S/C17H12O5/c18-13(10-5-6-14-16(7-10)21-9-20-14)8-15-11-3-1-2-4-12(11)17(19)22-15/h1-7,15H,8-9H2/t15-/m0/s1. The van der Waals surface area contributed by atoms with Crippen molar-refractivity contribution in [1.29, 1.82) is 0 Å². The summed E-state index contributed by atoms with van der Waals surface area (Å²) in [6.07, 6.45) is -0.413. The van der Waals surface area contributed by atoms with E-state index < -0.39 is 6.10 Å². The van der Waals surface area contributed by atoms with E-state index in [1.54, 1.807) is 30.3 Å². The summed E-state index contributed by atoms with van der Waals surface area (Å²) >= 11 is 0. The third-order valence-corrected chi connectivity index (χ3v) is 3.84. The van der Waals surface area contributed by atoms with Gasteiger partial charge in [0.05, 0.1) is 12.0 Å². The van der Waals surface area contributed by atoms with E-state index in [4.69, 9.17) is 14.2 Å². The van der Waals surface area contributed by atoms with Gasteiger partial charge in [-0.25, -0.2) is 4.79 Å². The van der Waals surface area contributed by atoms with Crippen LogP contribution in [0.15, 0.2) is 42.5 Å². The normalized spacial score (nSPS) is 18.0. The summed E-state index contributed by atoms with van der Waals surface area (Å²) in [5, 5.41) is 0. The van der Waals surface area contributed by atoms with Crippen LogP contribution in [0.4, 0.5) is 0 Å². The molecule has 0 saturated heterocycles. The molecular weight excluding hydrogens is 284 g/mol. The molecule has 110 valence electrons. The lowest BCUT2D eigenvalue weighted by molar-refractivity contribution is 0.0367. The van der Waals surface area contributed by atoms with Crippen LogP contribution in [0.1, 0.15) is 38.8 Å². The number of cyclic esters (lactones) is 1. The highest BCUT2D eigenvalue weighted by atomic mass is 16.7. The van der Waals surface area contributed by atoms with E-state index in [1.807, 2.05) is 12.1 Å². The second-order valence-corrected chi connectivity index (χ2v) is 5.18. The van der Waals surface area contributed by atoms with Crippen molar-refractivity contribution in [2.24, 2.45) is 0 Å². The van der Waals surface area contributed by atoms with Crippen molar-refractivity contribution >= 4 is 11.8 Å². The summed E-state index contributed by atoms with van der Waals surface area (Å²) in [5.41, 5.74) is 1.82. The van der Waals surface area contributed by atoms with Crippen molar-refractivity contribution in [2.45, 2.75) is 12.5 Å². The average molecular weight is 296 g/mol. The van der Waals surface area contributed by atoms with E-state index in [2.05, 4.69) is 0 Å². The third kappa shape index (κ3) is 2.02. The van der Waals surface area contributed by atoms with Gasteiger partial charge in [0.15, 0.2) is 17.3 Å². The number of ether oxygens (including phenoxy) is 3. The molecule has 0 radical (unpaired) electrons. The quantitative estimate of drug-likeness (QED) is 0.644. The fraction of sp³-hybridized carbons (Fsp3) is 0.176. The first kappa shape index (κ1) is 12.9. The van der Waals surface area contributed by atoms with Crippen LogP contribution >= 0.6 is 0 Å². The lowest BCUT2D eigenvalue weighted by Crippen LogP contribution is -2.07. The minimum atomic E-state index is -0.526. The maximum Gasteiger partial charge on any atom is 0.339 e. The predicted octanol–water partition coefficient (Wildman–Crippen LogP) is 2.90. The molecule has 1 atom stereocenters. The van der Waals surface area contributed by atoms with E-state index in [9.17, 15) is 9.59 Å². The van der Waals surface area contributed by atoms with Crippen LogP contribution in [0.2, 0.25) is 0 Å². The lowest BCUT2D eigenvalue weighted by Gasteiger charge is -2.10. The SMILES string of the molecule is O=C(C[C@@H]1OC(=O)c2ccccc21)c1ccc2c(c1)OCO2. The average Bonchev–Trinajstić information content (AvgIpc) is 3.12. The molecule has 2 aromatic carbocycles. The minimum Gasteiger partial charge on any atom is -0.454 e. The summed E-state index contributed by atoms with van der Waals surface area (Å²) in [6, 6.07) is 12.2. The maximum atomic E-state index is 12.4. The Hall–Kier alpha value is -2.82. The second kappa shape index (κ2) is 4.87. The van der Waals surface area contributed by atoms with E-state index in [-0.39, 0.29) is 25.0 Å². The van der Waals surface area contributed by atoms with Gasteiger partial charge in [0.2, 0.25) is 6.79 Å². The first-order chi connectivity index (χ1) is 10.7. The topological polar surface area (TPSA) is 61.8 Å². The van der Waals surface area contributed by atoms with Crippen molar-refractivity contribution in [2.75, 3.05) is 6.79 Å². The summed E-state index contributed by atoms with van der Waals surface area (Å²) in [4.78, 5) is 24.2. The Balaban J connectivity index is 1.57. The number of fused-ring (bicyclic) bond motifs is 2. The van der Waals surface area contributed by atoms with Gasteiger partial charge in [0.25, 0.3) is 0 Å². The van der Waals surface area contributed by atoms with Crippen molar-refractivity contribution in [3.8, 4) is 11.5 Å². The summed E-state index contributed by atoms with van der Waals surface area (Å²) in [5.74, 6) is 0.718. The van der Waals surface area contributed by atoms with Crippen LogP contribution in [0.5, 0.6) is 11.5 Å². The molecule has 0 aromatic heterocycles. The van der Waals surface area contributed by atoms with Crippen molar-refractivity contribution in [1.82, 2.24) is 0 Å². The van der Waals surface area contributed by atoms with Crippen molar-refractivity contribution < 1.29 is 23.8 Å². The molecule has 2 aliphatic rings. The van der Waals surface area contributed by atoms with Crippen LogP contribution in [-0.4, -0.2) is 18.5 Å². The van der Waals surface area contributed by atoms with Crippen LogP contribution < -0.4 is 9.47 Å². The number of esters is 1. The summed E-state index contributed by atoms with van der Waals surface area (Å²) < 4.78 is 15.8. The molecule has 0 unspecified atom stereocenters. The first-order valence-electron chi connectivity index (χ1n) is 6.95. The lowest BCUT2D eigenvalue weighted by atomic mass is 9.98. The molecule has 4 rings (SSSR count). The molecule has 5 heteroatoms. The van der Waals surface area contributed by atoms with Gasteiger partial charge in [-0.1, -0.05) is 18.2 Å². The zero-order valence-corrected chi connectivity index (χ0v) is 11.6. The molecule has 0 N–H and O–H groups in total. The molecule has 0 spiro atoms. The van der Waals surface area contributed by atoms with E-state index in [0.717, 1.165) is 5.56 Å². The summed E-state index contributed by atoms with van der Waals surface area (Å²) in [7, 11) is 0. The predicted molar refractivity (Wildman–Crippen MR) is 76.1 cm³/mol. The van der Waals surface area contributed by atoms with Gasteiger partial charge >= 0.3 is 5.97 Å². The number of hydrogen-bond donors (Lipinski definition) is 0. The number of Topliss-reactive ketones (excluding diaryl/α,β-unsaturated/α-hetero) is 1. The van der Waals surface area contributed by atoms with Gasteiger partial charge < -0.3 is 14.2 Å². The highest BCUT2D eigenvalue weighted by molar-refractivity contribution is 5.99. The van der Waals surface area contributed by atoms with Gasteiger partial charge in [-0.3, -0.25) is 4.79 Å². The van der Waals surface area contributed by atoms with Crippen LogP contribution in [0.3, 0.4) is 0 Å². The van der Waals surface area contributed by atoms with Gasteiger partial charge in [-0.2, -0.15) is 0 Å². The Labute approximate surface area is 126 Å². The van der Waals surface area contributed by atoms with Gasteiger partial charge in [-0.05, 0) is 24.3 Å². The van der Waals surface area contributed by atoms with Crippen LogP contribution in [0, 0.1) is 0 Å². The number of carbonyl (C=O) groups is 2. The molecule has 0 saturated carbocycles. The van der Waals surface area contributed by atoms with Gasteiger partial charge in [0.1, 0.15) is 6.10 Å². The Morgan fingerprint density at radius 2 is 1.91 bits per heavy atom. The Bertz CT molecular complexity index is 780. The highest BCUT2D eigenvalue weighted by Gasteiger charge is 2.32. The number of rotatable bonds is 3. The minimum absolute atomic E-state index is 0.104. The zero-order valence-electron chi connectivity index (χ0n) is 11.6. The van der Waals surface area contributed by atoms with Crippen LogP contribution in [-0.2, 0) is 4.74 Å². The molecule has 2 aliphatic heterocycles. The fourth-order valence-electron chi connectivity index (χ4n) is 2.73. The van der Waals surface area contributed by atoms with E-state index in [0.29, 0.717) is 22.6 Å². The monoisotopic (exact) mass is 296 g/mol. The largest absolute Gasteiger partial charge is 0.454 e. The van der Waals surface area contributed by atoms with Crippen molar-refractivity contribution in [3.63, 3.8) is 0 Å². The molecule has 0 amide bonds. The molecule has 2 aromatic rings. The van der Waals surface area contributed by atoms with E-state index in [1.165, 1.54) is 0 Å². The molecular formula is C17H12O5. The Morgan fingerprint density at radius 3 is 2.82 bits per heavy atom. The smallest absolute Gasteiger partial charge is 0.339 e. The Morgan fingerprint density at radius 1 is 1.09 bits per heavy atom. The molecule has 0 bridgehead atoms. The van der Waals surface area contributed by atoms with Crippen LogP contribution in [0.25, 0.3) is 0 Å². The number of benzene rings is 2. The second-order valence-electron chi connectivity index (χ2n) is 5.18. The maximum absolute atomic E-state index is 12.4. The third-order valence-electron chi connectivity index (χ3n) is 3.84. The molecule has 0 aliphatic carbocycles. The number of carbonyl (C=O) groups excluding carboxylic acids is 2. The van der Waals surface area contributed by atoms with E-state index >= 15 is 0 Å². The molecule has 5 nitrogen and oxygen atoms in total. The fourth-order valence-corrected chi connectivity index (χ4v) is 2.73. The van der Waals surface area contributed by atoms with Crippen molar-refractivity contribution in [3.05, 3.63) is 59.2 Å².